The Balaban J connectivity index is 1.48. The van der Waals surface area contributed by atoms with E-state index in [1.165, 1.54) is 5.56 Å². The minimum atomic E-state index is -0.300. The van der Waals surface area contributed by atoms with Crippen LogP contribution >= 0.6 is 0 Å². The molecule has 0 atom stereocenters. The lowest BCUT2D eigenvalue weighted by Crippen LogP contribution is -2.44. The first-order valence-corrected chi connectivity index (χ1v) is 12.3. The van der Waals surface area contributed by atoms with Crippen molar-refractivity contribution in [2.45, 2.75) is 46.7 Å². The zero-order valence-electron chi connectivity index (χ0n) is 21.1. The van der Waals surface area contributed by atoms with Crippen LogP contribution in [0.1, 0.15) is 42.9 Å². The van der Waals surface area contributed by atoms with E-state index in [-0.39, 0.29) is 25.3 Å². The van der Waals surface area contributed by atoms with E-state index in [2.05, 4.69) is 12.2 Å². The lowest BCUT2D eigenvalue weighted by atomic mass is 10.1. The summed E-state index contributed by atoms with van der Waals surface area (Å²) in [6, 6.07) is 16.8. The molecule has 190 valence electrons. The van der Waals surface area contributed by atoms with Gasteiger partial charge in [0, 0.05) is 18.8 Å². The number of nitrogens with one attached hydrogen (secondary N) is 1. The largest absolute Gasteiger partial charge is 0.464 e. The second-order valence-corrected chi connectivity index (χ2v) is 8.85. The minimum Gasteiger partial charge on any atom is -0.464 e. The molecular formula is C28H33N3O5. The number of carbonyl (C=O) groups excluding carboxylic acids is 2. The maximum absolute atomic E-state index is 13.5. The van der Waals surface area contributed by atoms with E-state index in [1.807, 2.05) is 68.4 Å². The first-order valence-electron chi connectivity index (χ1n) is 12.3. The van der Waals surface area contributed by atoms with Gasteiger partial charge in [-0.15, -0.1) is 0 Å². The first kappa shape index (κ1) is 25.2. The van der Waals surface area contributed by atoms with Gasteiger partial charge < -0.3 is 29.0 Å². The maximum Gasteiger partial charge on any atom is 0.322 e. The Morgan fingerprint density at radius 2 is 1.64 bits per heavy atom. The van der Waals surface area contributed by atoms with Gasteiger partial charge in [-0.1, -0.05) is 32.0 Å². The van der Waals surface area contributed by atoms with Crippen molar-refractivity contribution in [3.05, 3.63) is 77.2 Å². The normalized spacial score (nSPS) is 11.9. The third-order valence-corrected chi connectivity index (χ3v) is 6.03. The minimum absolute atomic E-state index is 0.0447. The van der Waals surface area contributed by atoms with E-state index < -0.39 is 0 Å². The monoisotopic (exact) mass is 491 g/mol. The summed E-state index contributed by atoms with van der Waals surface area (Å²) in [7, 11) is 0. The van der Waals surface area contributed by atoms with Gasteiger partial charge in [0.25, 0.3) is 0 Å². The molecule has 4 rings (SSSR count). The van der Waals surface area contributed by atoms with Crippen molar-refractivity contribution in [2.24, 2.45) is 0 Å². The number of ether oxygens (including phenoxy) is 2. The van der Waals surface area contributed by atoms with Crippen LogP contribution in [0.2, 0.25) is 0 Å². The molecule has 3 aromatic rings. The fraction of sp³-hybridized carbons (Fsp3) is 0.357. The van der Waals surface area contributed by atoms with Gasteiger partial charge in [-0.3, -0.25) is 4.79 Å². The second kappa shape index (κ2) is 11.7. The molecule has 0 spiro atoms. The van der Waals surface area contributed by atoms with E-state index in [0.717, 1.165) is 24.2 Å². The number of carbonyl (C=O) groups is 2. The third kappa shape index (κ3) is 6.38. The molecule has 0 saturated heterocycles. The van der Waals surface area contributed by atoms with Crippen molar-refractivity contribution in [3.63, 3.8) is 0 Å². The van der Waals surface area contributed by atoms with E-state index in [4.69, 9.17) is 13.9 Å². The van der Waals surface area contributed by atoms with E-state index >= 15 is 0 Å². The average Bonchev–Trinajstić information content (AvgIpc) is 3.51. The molecule has 0 aliphatic carbocycles. The molecule has 2 heterocycles. The summed E-state index contributed by atoms with van der Waals surface area (Å²) in [6.07, 6.45) is 1.66. The molecule has 0 fully saturated rings. The molecule has 8 heteroatoms. The van der Waals surface area contributed by atoms with Crippen molar-refractivity contribution in [2.75, 3.05) is 25.2 Å². The van der Waals surface area contributed by atoms with Crippen LogP contribution in [0.25, 0.3) is 0 Å². The Kier molecular flexibility index (Phi) is 8.15. The molecule has 3 amide bonds. The number of benzene rings is 2. The number of rotatable bonds is 10. The first-order chi connectivity index (χ1) is 17.4. The molecule has 1 N–H and O–H groups in total. The van der Waals surface area contributed by atoms with Crippen LogP contribution in [-0.2, 0) is 24.3 Å². The van der Waals surface area contributed by atoms with Gasteiger partial charge in [0.1, 0.15) is 18.1 Å². The highest BCUT2D eigenvalue weighted by molar-refractivity contribution is 5.92. The zero-order chi connectivity index (χ0) is 25.5. The van der Waals surface area contributed by atoms with Crippen LogP contribution in [0, 0.1) is 6.92 Å². The van der Waals surface area contributed by atoms with E-state index in [9.17, 15) is 9.59 Å². The van der Waals surface area contributed by atoms with Crippen molar-refractivity contribution >= 4 is 17.6 Å². The van der Waals surface area contributed by atoms with Crippen molar-refractivity contribution < 1.29 is 23.5 Å². The summed E-state index contributed by atoms with van der Waals surface area (Å²) in [5, 5.41) is 2.92. The molecule has 0 radical (unpaired) electrons. The Labute approximate surface area is 211 Å². The smallest absolute Gasteiger partial charge is 0.322 e. The molecule has 1 aliphatic rings. The second-order valence-electron chi connectivity index (χ2n) is 8.85. The highest BCUT2D eigenvalue weighted by atomic mass is 16.7. The number of furan rings is 1. The van der Waals surface area contributed by atoms with Crippen LogP contribution in [-0.4, -0.2) is 41.6 Å². The third-order valence-electron chi connectivity index (χ3n) is 6.03. The fourth-order valence-corrected chi connectivity index (χ4v) is 4.06. The highest BCUT2D eigenvalue weighted by Crippen LogP contribution is 2.33. The summed E-state index contributed by atoms with van der Waals surface area (Å²) in [4.78, 5) is 29.8. The van der Waals surface area contributed by atoms with Gasteiger partial charge in [-0.05, 0) is 67.3 Å². The van der Waals surface area contributed by atoms with Gasteiger partial charge in [0.2, 0.25) is 12.7 Å². The molecule has 36 heavy (non-hydrogen) atoms. The summed E-state index contributed by atoms with van der Waals surface area (Å²) >= 11 is 0. The molecule has 0 bridgehead atoms. The number of anilines is 1. The number of aryl methyl sites for hydroxylation is 2. The number of hydrogen-bond acceptors (Lipinski definition) is 5. The van der Waals surface area contributed by atoms with Crippen molar-refractivity contribution in [1.29, 1.82) is 0 Å². The molecule has 8 nitrogen and oxygen atoms in total. The van der Waals surface area contributed by atoms with E-state index in [0.29, 0.717) is 42.6 Å². The summed E-state index contributed by atoms with van der Waals surface area (Å²) in [6.45, 7) is 7.18. The van der Waals surface area contributed by atoms with Crippen LogP contribution in [0.5, 0.6) is 11.5 Å². The Morgan fingerprint density at radius 1 is 0.889 bits per heavy atom. The Hall–Kier alpha value is -3.94. The molecular weight excluding hydrogens is 458 g/mol. The van der Waals surface area contributed by atoms with E-state index in [1.54, 1.807) is 9.80 Å². The standard InChI is InChI=1S/C28H33N3O5/c1-4-14-30(28(33)29-23-10-7-21(5-2)8-11-23)18-27(32)31(17-24-12-6-20(3)36-24)16-22-9-13-25-26(15-22)35-19-34-25/h6-13,15H,4-5,14,16-19H2,1-3H3,(H,29,33). The predicted molar refractivity (Wildman–Crippen MR) is 137 cm³/mol. The van der Waals surface area contributed by atoms with Gasteiger partial charge >= 0.3 is 6.03 Å². The highest BCUT2D eigenvalue weighted by Gasteiger charge is 2.23. The van der Waals surface area contributed by atoms with Gasteiger partial charge in [0.15, 0.2) is 11.5 Å². The number of fused-ring (bicyclic) bond motifs is 1. The number of nitrogens with zero attached hydrogens (tertiary/aromatic N) is 2. The van der Waals surface area contributed by atoms with Crippen molar-refractivity contribution in [3.8, 4) is 11.5 Å². The Morgan fingerprint density at radius 3 is 2.33 bits per heavy atom. The summed E-state index contributed by atoms with van der Waals surface area (Å²) < 4.78 is 16.6. The summed E-state index contributed by atoms with van der Waals surface area (Å²) in [5.41, 5.74) is 2.80. The molecule has 1 aliphatic heterocycles. The molecule has 0 saturated carbocycles. The topological polar surface area (TPSA) is 84.2 Å². The molecule has 2 aromatic carbocycles. The average molecular weight is 492 g/mol. The lowest BCUT2D eigenvalue weighted by molar-refractivity contribution is -0.133. The van der Waals surface area contributed by atoms with Crippen LogP contribution in [0.15, 0.2) is 59.0 Å². The predicted octanol–water partition coefficient (Wildman–Crippen LogP) is 5.35. The van der Waals surface area contributed by atoms with Crippen LogP contribution in [0.4, 0.5) is 10.5 Å². The molecule has 0 unspecified atom stereocenters. The van der Waals surface area contributed by atoms with Crippen LogP contribution in [0.3, 0.4) is 0 Å². The molecule has 1 aromatic heterocycles. The zero-order valence-corrected chi connectivity index (χ0v) is 21.1. The Bertz CT molecular complexity index is 1190. The lowest BCUT2D eigenvalue weighted by Gasteiger charge is -2.27. The summed E-state index contributed by atoms with van der Waals surface area (Å²) in [5.74, 6) is 2.64. The number of hydrogen-bond donors (Lipinski definition) is 1. The quantitative estimate of drug-likeness (QED) is 0.413. The maximum atomic E-state index is 13.5. The SMILES string of the molecule is CCCN(CC(=O)N(Cc1ccc2c(c1)OCO2)Cc1ccc(C)o1)C(=O)Nc1ccc(CC)cc1. The van der Waals surface area contributed by atoms with Gasteiger partial charge in [-0.2, -0.15) is 0 Å². The number of urea groups is 1. The van der Waals surface area contributed by atoms with Gasteiger partial charge in [-0.25, -0.2) is 4.79 Å². The fourth-order valence-electron chi connectivity index (χ4n) is 4.06. The van der Waals surface area contributed by atoms with Crippen LogP contribution < -0.4 is 14.8 Å². The van der Waals surface area contributed by atoms with Gasteiger partial charge in [0.05, 0.1) is 6.54 Å². The van der Waals surface area contributed by atoms with Crippen molar-refractivity contribution in [1.82, 2.24) is 9.80 Å². The number of amides is 3.